The van der Waals surface area contributed by atoms with Crippen LogP contribution < -0.4 is 0 Å². The van der Waals surface area contributed by atoms with Gasteiger partial charge in [0.15, 0.2) is 5.69 Å². The van der Waals surface area contributed by atoms with Crippen LogP contribution in [-0.4, -0.2) is 16.1 Å². The minimum atomic E-state index is -0.982. The van der Waals surface area contributed by atoms with Crippen molar-refractivity contribution in [1.29, 1.82) is 0 Å². The predicted molar refractivity (Wildman–Crippen MR) is 53.4 cm³/mol. The van der Waals surface area contributed by atoms with E-state index in [0.717, 1.165) is 16.3 Å². The summed E-state index contributed by atoms with van der Waals surface area (Å²) in [7, 11) is 0. The lowest BCUT2D eigenvalue weighted by atomic mass is 10.0. The molecular formula is C11H9NO2. The number of carboxylic acid groups (broad SMARTS) is 1. The van der Waals surface area contributed by atoms with Crippen LogP contribution in [0.1, 0.15) is 16.1 Å². The summed E-state index contributed by atoms with van der Waals surface area (Å²) >= 11 is 0. The van der Waals surface area contributed by atoms with Crippen LogP contribution in [0.5, 0.6) is 0 Å². The second-order valence-corrected chi connectivity index (χ2v) is 3.14. The number of fused-ring (bicyclic) bond motifs is 1. The summed E-state index contributed by atoms with van der Waals surface area (Å²) in [6.07, 6.45) is 1.52. The number of pyridine rings is 1. The summed E-state index contributed by atoms with van der Waals surface area (Å²) in [5.74, 6) is -0.982. The molecule has 1 N–H and O–H groups in total. The Hall–Kier alpha value is -1.90. The molecule has 3 nitrogen and oxygen atoms in total. The molecule has 1 heterocycles. The standard InChI is InChI=1S/C11H9NO2/c1-7-3-2-4-8-5-6-12-10(9(7)8)11(13)14/h2-6H,1H3,(H,13,14). The van der Waals surface area contributed by atoms with Crippen molar-refractivity contribution in [2.45, 2.75) is 6.92 Å². The molecule has 0 radical (unpaired) electrons. The maximum atomic E-state index is 10.9. The predicted octanol–water partition coefficient (Wildman–Crippen LogP) is 2.24. The van der Waals surface area contributed by atoms with Crippen LogP contribution in [-0.2, 0) is 0 Å². The van der Waals surface area contributed by atoms with Crippen molar-refractivity contribution in [2.75, 3.05) is 0 Å². The molecule has 0 unspecified atom stereocenters. The maximum absolute atomic E-state index is 10.9. The Morgan fingerprint density at radius 1 is 1.36 bits per heavy atom. The zero-order valence-corrected chi connectivity index (χ0v) is 7.69. The molecule has 14 heavy (non-hydrogen) atoms. The van der Waals surface area contributed by atoms with E-state index in [1.54, 1.807) is 0 Å². The average molecular weight is 187 g/mol. The Labute approximate surface area is 81.0 Å². The molecule has 2 aromatic rings. The number of rotatable bonds is 1. The lowest BCUT2D eigenvalue weighted by Crippen LogP contribution is -2.01. The fourth-order valence-corrected chi connectivity index (χ4v) is 1.57. The molecule has 70 valence electrons. The number of carboxylic acids is 1. The van der Waals surface area contributed by atoms with E-state index >= 15 is 0 Å². The zero-order valence-electron chi connectivity index (χ0n) is 7.69. The van der Waals surface area contributed by atoms with Crippen LogP contribution in [0.4, 0.5) is 0 Å². The topological polar surface area (TPSA) is 50.2 Å². The Morgan fingerprint density at radius 3 is 2.86 bits per heavy atom. The molecule has 2 rings (SSSR count). The van der Waals surface area contributed by atoms with Crippen molar-refractivity contribution < 1.29 is 9.90 Å². The van der Waals surface area contributed by atoms with Crippen LogP contribution in [0.2, 0.25) is 0 Å². The SMILES string of the molecule is Cc1cccc2ccnc(C(=O)O)c12. The van der Waals surface area contributed by atoms with Gasteiger partial charge in [-0.2, -0.15) is 0 Å². The normalized spacial score (nSPS) is 10.4. The van der Waals surface area contributed by atoms with Gasteiger partial charge < -0.3 is 5.11 Å². The monoisotopic (exact) mass is 187 g/mol. The average Bonchev–Trinajstić information content (AvgIpc) is 2.17. The number of nitrogens with zero attached hydrogens (tertiary/aromatic N) is 1. The first-order valence-electron chi connectivity index (χ1n) is 4.28. The fourth-order valence-electron chi connectivity index (χ4n) is 1.57. The molecule has 0 bridgehead atoms. The van der Waals surface area contributed by atoms with Gasteiger partial charge in [-0.3, -0.25) is 0 Å². The van der Waals surface area contributed by atoms with Crippen LogP contribution in [0.3, 0.4) is 0 Å². The highest BCUT2D eigenvalue weighted by Gasteiger charge is 2.10. The highest BCUT2D eigenvalue weighted by atomic mass is 16.4. The van der Waals surface area contributed by atoms with Crippen molar-refractivity contribution in [1.82, 2.24) is 4.98 Å². The third-order valence-corrected chi connectivity index (χ3v) is 2.20. The number of carbonyl (C=O) groups is 1. The van der Waals surface area contributed by atoms with Crippen molar-refractivity contribution >= 4 is 16.7 Å². The lowest BCUT2D eigenvalue weighted by molar-refractivity contribution is 0.0693. The third kappa shape index (κ3) is 1.23. The van der Waals surface area contributed by atoms with Crippen molar-refractivity contribution in [3.05, 3.63) is 41.7 Å². The summed E-state index contributed by atoms with van der Waals surface area (Å²) in [4.78, 5) is 14.8. The highest BCUT2D eigenvalue weighted by molar-refractivity contribution is 6.03. The van der Waals surface area contributed by atoms with Gasteiger partial charge in [-0.25, -0.2) is 9.78 Å². The maximum Gasteiger partial charge on any atom is 0.355 e. The molecular weight excluding hydrogens is 178 g/mol. The highest BCUT2D eigenvalue weighted by Crippen LogP contribution is 2.20. The zero-order chi connectivity index (χ0) is 10.1. The van der Waals surface area contributed by atoms with E-state index in [1.165, 1.54) is 6.20 Å². The van der Waals surface area contributed by atoms with Gasteiger partial charge in [0.05, 0.1) is 0 Å². The molecule has 0 amide bonds. The Bertz CT molecular complexity index is 500. The third-order valence-electron chi connectivity index (χ3n) is 2.20. The molecule has 1 aromatic heterocycles. The minimum absolute atomic E-state index is 0.126. The summed E-state index contributed by atoms with van der Waals surface area (Å²) in [6.45, 7) is 1.89. The summed E-state index contributed by atoms with van der Waals surface area (Å²) in [5.41, 5.74) is 1.06. The molecule has 0 fully saturated rings. The first-order chi connectivity index (χ1) is 6.70. The molecule has 0 saturated carbocycles. The van der Waals surface area contributed by atoms with Gasteiger partial charge in [0.25, 0.3) is 0 Å². The van der Waals surface area contributed by atoms with Crippen LogP contribution >= 0.6 is 0 Å². The number of benzene rings is 1. The van der Waals surface area contributed by atoms with Crippen molar-refractivity contribution in [2.24, 2.45) is 0 Å². The first kappa shape index (κ1) is 8.69. The summed E-state index contributed by atoms with van der Waals surface area (Å²) in [5, 5.41) is 10.6. The van der Waals surface area contributed by atoms with Crippen molar-refractivity contribution in [3.8, 4) is 0 Å². The largest absolute Gasteiger partial charge is 0.476 e. The van der Waals surface area contributed by atoms with E-state index in [2.05, 4.69) is 4.98 Å². The number of aryl methyl sites for hydroxylation is 1. The molecule has 0 aliphatic carbocycles. The number of hydrogen-bond acceptors (Lipinski definition) is 2. The molecule has 3 heteroatoms. The Morgan fingerprint density at radius 2 is 2.14 bits per heavy atom. The van der Waals surface area contributed by atoms with E-state index < -0.39 is 5.97 Å². The molecule has 1 aromatic carbocycles. The van der Waals surface area contributed by atoms with Gasteiger partial charge in [0, 0.05) is 11.6 Å². The van der Waals surface area contributed by atoms with E-state index in [1.807, 2.05) is 31.2 Å². The van der Waals surface area contributed by atoms with Gasteiger partial charge in [0.2, 0.25) is 0 Å². The van der Waals surface area contributed by atoms with Gasteiger partial charge in [-0.15, -0.1) is 0 Å². The summed E-state index contributed by atoms with van der Waals surface area (Å²) in [6, 6.07) is 7.49. The van der Waals surface area contributed by atoms with Crippen LogP contribution in [0.15, 0.2) is 30.5 Å². The molecule has 0 aliphatic rings. The van der Waals surface area contributed by atoms with Gasteiger partial charge in [0.1, 0.15) is 0 Å². The van der Waals surface area contributed by atoms with Crippen LogP contribution in [0.25, 0.3) is 10.8 Å². The Balaban J connectivity index is 2.91. The number of aromatic carboxylic acids is 1. The van der Waals surface area contributed by atoms with E-state index in [-0.39, 0.29) is 5.69 Å². The number of aromatic nitrogens is 1. The minimum Gasteiger partial charge on any atom is -0.476 e. The molecule has 0 aliphatic heterocycles. The second-order valence-electron chi connectivity index (χ2n) is 3.14. The fraction of sp³-hybridized carbons (Fsp3) is 0.0909. The van der Waals surface area contributed by atoms with Gasteiger partial charge >= 0.3 is 5.97 Å². The first-order valence-corrected chi connectivity index (χ1v) is 4.28. The molecule has 0 atom stereocenters. The van der Waals surface area contributed by atoms with E-state index in [9.17, 15) is 4.79 Å². The Kier molecular flexibility index (Phi) is 1.93. The van der Waals surface area contributed by atoms with Crippen LogP contribution in [0, 0.1) is 6.92 Å². The number of hydrogen-bond donors (Lipinski definition) is 1. The van der Waals surface area contributed by atoms with Gasteiger partial charge in [-0.1, -0.05) is 18.2 Å². The van der Waals surface area contributed by atoms with E-state index in [0.29, 0.717) is 0 Å². The van der Waals surface area contributed by atoms with Gasteiger partial charge in [-0.05, 0) is 23.9 Å². The molecule has 0 saturated heterocycles. The quantitative estimate of drug-likeness (QED) is 0.744. The second kappa shape index (κ2) is 3.10. The smallest absolute Gasteiger partial charge is 0.355 e. The summed E-state index contributed by atoms with van der Waals surface area (Å²) < 4.78 is 0. The van der Waals surface area contributed by atoms with Crippen molar-refractivity contribution in [3.63, 3.8) is 0 Å². The van der Waals surface area contributed by atoms with E-state index in [4.69, 9.17) is 5.11 Å². The molecule has 0 spiro atoms. The lowest BCUT2D eigenvalue weighted by Gasteiger charge is -2.03.